The number of rotatable bonds is 16. The SMILES string of the molecule is CC(C)(C)OC(=O)N1[C@@H]2CC[C@H]1CC(c1cc(N(COCC[Si](C)(C)C)COCC[Si](C)(C)C)n3ncc(-c4ccc(N5C(=O)CCN5C(=O)OCc5ccccc5)nc4)c3n1)C2. The van der Waals surface area contributed by atoms with Crippen LogP contribution in [0.1, 0.15) is 70.1 Å². The second-order valence-corrected chi connectivity index (χ2v) is 31.8. The highest BCUT2D eigenvalue weighted by atomic mass is 28.3. The molecular formula is C46H66N8O7Si2. The summed E-state index contributed by atoms with van der Waals surface area (Å²) >= 11 is 0. The molecule has 0 saturated carbocycles. The Labute approximate surface area is 374 Å². The van der Waals surface area contributed by atoms with Crippen molar-refractivity contribution >= 4 is 51.5 Å². The lowest BCUT2D eigenvalue weighted by atomic mass is 9.88. The Morgan fingerprint density at radius 1 is 0.857 bits per heavy atom. The van der Waals surface area contributed by atoms with E-state index in [1.165, 1.54) is 10.0 Å². The molecule has 3 amide bonds. The van der Waals surface area contributed by atoms with Gasteiger partial charge in [0.15, 0.2) is 11.5 Å². The summed E-state index contributed by atoms with van der Waals surface area (Å²) in [6, 6.07) is 17.4. The van der Waals surface area contributed by atoms with Crippen LogP contribution in [0.3, 0.4) is 0 Å². The Bertz CT molecular complexity index is 2190. The van der Waals surface area contributed by atoms with Gasteiger partial charge in [-0.15, -0.1) is 0 Å². The average Bonchev–Trinajstić information content (AvgIpc) is 3.90. The van der Waals surface area contributed by atoms with Gasteiger partial charge in [-0.3, -0.25) is 4.79 Å². The Kier molecular flexibility index (Phi) is 14.0. The highest BCUT2D eigenvalue weighted by Crippen LogP contribution is 2.44. The third-order valence-electron chi connectivity index (χ3n) is 11.7. The molecule has 0 aliphatic carbocycles. The molecule has 3 aliphatic rings. The van der Waals surface area contributed by atoms with Crippen LogP contribution in [0, 0.1) is 0 Å². The van der Waals surface area contributed by atoms with Crippen molar-refractivity contribution < 1.29 is 33.3 Å². The Morgan fingerprint density at radius 2 is 1.51 bits per heavy atom. The number of pyridine rings is 1. The lowest BCUT2D eigenvalue weighted by molar-refractivity contribution is -0.118. The van der Waals surface area contributed by atoms with Crippen LogP contribution in [0.5, 0.6) is 0 Å². The van der Waals surface area contributed by atoms with E-state index < -0.39 is 27.8 Å². The first kappa shape index (κ1) is 46.2. The molecule has 3 atom stereocenters. The van der Waals surface area contributed by atoms with Crippen LogP contribution in [0.25, 0.3) is 16.8 Å². The molecule has 15 nitrogen and oxygen atoms in total. The molecule has 2 bridgehead atoms. The minimum Gasteiger partial charge on any atom is -0.444 e. The fourth-order valence-electron chi connectivity index (χ4n) is 8.34. The predicted molar refractivity (Wildman–Crippen MR) is 249 cm³/mol. The molecule has 0 radical (unpaired) electrons. The summed E-state index contributed by atoms with van der Waals surface area (Å²) in [6.45, 7) is 22.0. The van der Waals surface area contributed by atoms with Crippen LogP contribution >= 0.6 is 0 Å². The van der Waals surface area contributed by atoms with Gasteiger partial charge in [0.05, 0.1) is 12.7 Å². The van der Waals surface area contributed by atoms with Gasteiger partial charge in [-0.2, -0.15) is 14.6 Å². The second-order valence-electron chi connectivity index (χ2n) is 20.5. The summed E-state index contributed by atoms with van der Waals surface area (Å²) < 4.78 is 26.1. The number of aromatic nitrogens is 4. The molecule has 6 heterocycles. The molecular weight excluding hydrogens is 833 g/mol. The van der Waals surface area contributed by atoms with E-state index in [4.69, 9.17) is 34.0 Å². The van der Waals surface area contributed by atoms with Crippen LogP contribution < -0.4 is 9.91 Å². The molecule has 3 aliphatic heterocycles. The van der Waals surface area contributed by atoms with Gasteiger partial charge in [0.25, 0.3) is 0 Å². The summed E-state index contributed by atoms with van der Waals surface area (Å²) in [4.78, 5) is 54.0. The van der Waals surface area contributed by atoms with Gasteiger partial charge in [-0.05, 0) is 76.2 Å². The highest BCUT2D eigenvalue weighted by molar-refractivity contribution is 6.76. The number of amides is 3. The maximum Gasteiger partial charge on any atom is 0.429 e. The number of benzene rings is 1. The van der Waals surface area contributed by atoms with Gasteiger partial charge in [-0.25, -0.2) is 24.6 Å². The number of nitrogens with zero attached hydrogens (tertiary/aromatic N) is 8. The summed E-state index contributed by atoms with van der Waals surface area (Å²) in [6.07, 6.45) is 6.17. The molecule has 3 fully saturated rings. The van der Waals surface area contributed by atoms with Crippen molar-refractivity contribution in [2.45, 2.75) is 134 Å². The number of ether oxygens (including phenoxy) is 4. The van der Waals surface area contributed by atoms with Crippen molar-refractivity contribution in [1.29, 1.82) is 0 Å². The largest absolute Gasteiger partial charge is 0.444 e. The van der Waals surface area contributed by atoms with Crippen molar-refractivity contribution in [3.05, 3.63) is 72.2 Å². The maximum atomic E-state index is 13.4. The molecule has 0 N–H and O–H groups in total. The van der Waals surface area contributed by atoms with E-state index in [1.54, 1.807) is 18.5 Å². The van der Waals surface area contributed by atoms with Crippen molar-refractivity contribution in [3.63, 3.8) is 0 Å². The zero-order valence-corrected chi connectivity index (χ0v) is 40.6. The van der Waals surface area contributed by atoms with Crippen LogP contribution in [0.2, 0.25) is 51.4 Å². The normalized spacial score (nSPS) is 19.3. The van der Waals surface area contributed by atoms with Crippen molar-refractivity contribution in [1.82, 2.24) is 29.5 Å². The van der Waals surface area contributed by atoms with Crippen molar-refractivity contribution in [3.8, 4) is 11.1 Å². The number of carbonyl (C=O) groups is 3. The molecule has 17 heteroatoms. The van der Waals surface area contributed by atoms with E-state index >= 15 is 0 Å². The number of hydrazine groups is 1. The van der Waals surface area contributed by atoms with Gasteiger partial charge >= 0.3 is 12.2 Å². The standard InChI is InChI=1S/C46H66N8O7Si2/c1-46(2,3)61-45(57)52-36-16-17-37(52)26-35(25-36)39-27-41(50(31-58-21-23-62(4,5)6)32-59-22-24-63(7,8)9)53-43(49-39)38(29-48-53)34-15-18-40(47-28-34)54-42(55)19-20-51(54)44(56)60-30-33-13-11-10-12-14-33/h10-15,18,27-29,35-37H,16-17,19-26,30-32H2,1-9H3/t35?,36-,37+. The molecule has 3 saturated heterocycles. The van der Waals surface area contributed by atoms with E-state index in [-0.39, 0.29) is 49.6 Å². The first-order valence-electron chi connectivity index (χ1n) is 22.4. The number of carbonyl (C=O) groups excluding carboxylic acids is 3. The summed E-state index contributed by atoms with van der Waals surface area (Å²) in [5, 5.41) is 7.52. The fourth-order valence-corrected chi connectivity index (χ4v) is 9.85. The minimum atomic E-state index is -1.34. The van der Waals surface area contributed by atoms with E-state index in [9.17, 15) is 14.4 Å². The van der Waals surface area contributed by atoms with E-state index in [0.29, 0.717) is 38.1 Å². The average molecular weight is 899 g/mol. The second kappa shape index (κ2) is 19.1. The zero-order chi connectivity index (χ0) is 45.1. The third-order valence-corrected chi connectivity index (χ3v) is 15.2. The predicted octanol–water partition coefficient (Wildman–Crippen LogP) is 9.16. The first-order chi connectivity index (χ1) is 29.8. The lowest BCUT2D eigenvalue weighted by Gasteiger charge is -2.39. The topological polar surface area (TPSA) is 144 Å². The third kappa shape index (κ3) is 11.7. The van der Waals surface area contributed by atoms with Crippen LogP contribution in [0.4, 0.5) is 21.2 Å². The van der Waals surface area contributed by atoms with Gasteiger partial charge in [0, 0.05) is 82.9 Å². The zero-order valence-electron chi connectivity index (χ0n) is 38.6. The van der Waals surface area contributed by atoms with Crippen molar-refractivity contribution in [2.24, 2.45) is 0 Å². The van der Waals surface area contributed by atoms with E-state index in [2.05, 4.69) is 50.2 Å². The molecule has 4 aromatic rings. The van der Waals surface area contributed by atoms with Crippen LogP contribution in [-0.2, 0) is 30.3 Å². The Morgan fingerprint density at radius 3 is 2.10 bits per heavy atom. The Hall–Kier alpha value is -4.85. The molecule has 340 valence electrons. The number of hydrogen-bond donors (Lipinski definition) is 0. The monoisotopic (exact) mass is 898 g/mol. The minimum absolute atomic E-state index is 0.0561. The quantitative estimate of drug-likeness (QED) is 0.0603. The molecule has 1 aromatic carbocycles. The fraction of sp³-hybridized carbons (Fsp3) is 0.565. The van der Waals surface area contributed by atoms with Crippen molar-refractivity contribution in [2.75, 3.05) is 43.1 Å². The smallest absolute Gasteiger partial charge is 0.429 e. The van der Waals surface area contributed by atoms with Crippen LogP contribution in [0.15, 0.2) is 60.9 Å². The molecule has 1 unspecified atom stereocenters. The first-order valence-corrected chi connectivity index (χ1v) is 29.8. The Balaban J connectivity index is 1.20. The summed E-state index contributed by atoms with van der Waals surface area (Å²) in [7, 11) is -2.67. The lowest BCUT2D eigenvalue weighted by Crippen LogP contribution is -2.48. The van der Waals surface area contributed by atoms with Gasteiger partial charge < -0.3 is 28.7 Å². The highest BCUT2D eigenvalue weighted by Gasteiger charge is 2.46. The number of piperidine rings is 1. The van der Waals surface area contributed by atoms with E-state index in [1.807, 2.05) is 66.6 Å². The molecule has 3 aromatic heterocycles. The van der Waals surface area contributed by atoms with E-state index in [0.717, 1.165) is 66.0 Å². The number of anilines is 2. The van der Waals surface area contributed by atoms with Gasteiger partial charge in [0.1, 0.15) is 31.5 Å². The molecule has 63 heavy (non-hydrogen) atoms. The molecule has 7 rings (SSSR count). The summed E-state index contributed by atoms with van der Waals surface area (Å²) in [5.41, 5.74) is 3.36. The van der Waals surface area contributed by atoms with Gasteiger partial charge in [-0.1, -0.05) is 69.6 Å². The number of fused-ring (bicyclic) bond motifs is 3. The summed E-state index contributed by atoms with van der Waals surface area (Å²) in [5.74, 6) is 0.961. The van der Waals surface area contributed by atoms with Crippen LogP contribution in [-0.4, -0.2) is 115 Å². The number of hydrogen-bond acceptors (Lipinski definition) is 11. The molecule has 0 spiro atoms. The van der Waals surface area contributed by atoms with Gasteiger partial charge in [0.2, 0.25) is 5.91 Å². The maximum absolute atomic E-state index is 13.4.